The first-order valence-corrected chi connectivity index (χ1v) is 7.42. The monoisotopic (exact) mass is 299 g/mol. The van der Waals surface area contributed by atoms with Crippen molar-refractivity contribution in [2.24, 2.45) is 0 Å². The molecule has 0 unspecified atom stereocenters. The summed E-state index contributed by atoms with van der Waals surface area (Å²) in [7, 11) is 1.66. The van der Waals surface area contributed by atoms with Gasteiger partial charge in [-0.25, -0.2) is 4.98 Å². The van der Waals surface area contributed by atoms with Crippen molar-refractivity contribution >= 4 is 0 Å². The molecule has 0 aliphatic heterocycles. The summed E-state index contributed by atoms with van der Waals surface area (Å²) in [6.45, 7) is 11.1. The predicted octanol–water partition coefficient (Wildman–Crippen LogP) is 1.45. The van der Waals surface area contributed by atoms with E-state index in [4.69, 9.17) is 14.2 Å². The molecule has 1 heterocycles. The summed E-state index contributed by atoms with van der Waals surface area (Å²) in [5.41, 5.74) is 0.0901. The van der Waals surface area contributed by atoms with Crippen LogP contribution >= 0.6 is 0 Å². The molecule has 6 heteroatoms. The number of rotatable bonds is 11. The maximum Gasteiger partial charge on any atom is 0.122 e. The lowest BCUT2D eigenvalue weighted by Gasteiger charge is -2.20. The number of hydrogen-bond acceptors (Lipinski definition) is 5. The van der Waals surface area contributed by atoms with Gasteiger partial charge in [0.15, 0.2) is 0 Å². The van der Waals surface area contributed by atoms with Crippen LogP contribution in [-0.4, -0.2) is 55.2 Å². The van der Waals surface area contributed by atoms with Gasteiger partial charge in [0.2, 0.25) is 0 Å². The molecule has 6 nitrogen and oxygen atoms in total. The molecule has 1 N–H and O–H groups in total. The van der Waals surface area contributed by atoms with Gasteiger partial charge in [0, 0.05) is 31.6 Å². The van der Waals surface area contributed by atoms with Crippen LogP contribution in [0.15, 0.2) is 12.4 Å². The van der Waals surface area contributed by atoms with Crippen LogP contribution in [0.5, 0.6) is 0 Å². The Morgan fingerprint density at radius 1 is 1.10 bits per heavy atom. The van der Waals surface area contributed by atoms with Crippen LogP contribution in [0.25, 0.3) is 0 Å². The largest absolute Gasteiger partial charge is 0.382 e. The van der Waals surface area contributed by atoms with Crippen molar-refractivity contribution in [3.8, 4) is 0 Å². The van der Waals surface area contributed by atoms with Gasteiger partial charge >= 0.3 is 0 Å². The number of hydrogen-bond donors (Lipinski definition) is 1. The molecule has 0 atom stereocenters. The van der Waals surface area contributed by atoms with Crippen LogP contribution in [-0.2, 0) is 27.3 Å². The van der Waals surface area contributed by atoms with Crippen LogP contribution in [0.1, 0.15) is 26.6 Å². The zero-order valence-electron chi connectivity index (χ0n) is 13.7. The van der Waals surface area contributed by atoms with Gasteiger partial charge in [-0.05, 0) is 20.8 Å². The molecule has 21 heavy (non-hydrogen) atoms. The van der Waals surface area contributed by atoms with Crippen molar-refractivity contribution in [1.82, 2.24) is 14.9 Å². The Morgan fingerprint density at radius 2 is 1.76 bits per heavy atom. The van der Waals surface area contributed by atoms with Crippen molar-refractivity contribution in [2.45, 2.75) is 39.4 Å². The molecule has 0 bridgehead atoms. The van der Waals surface area contributed by atoms with E-state index in [-0.39, 0.29) is 5.54 Å². The van der Waals surface area contributed by atoms with Crippen molar-refractivity contribution in [1.29, 1.82) is 0 Å². The van der Waals surface area contributed by atoms with Crippen LogP contribution in [0.3, 0.4) is 0 Å². The quantitative estimate of drug-likeness (QED) is 0.627. The van der Waals surface area contributed by atoms with Gasteiger partial charge in [-0.15, -0.1) is 0 Å². The van der Waals surface area contributed by atoms with E-state index in [0.717, 1.165) is 18.9 Å². The molecule has 0 fully saturated rings. The number of ether oxygens (including phenoxy) is 3. The summed E-state index contributed by atoms with van der Waals surface area (Å²) >= 11 is 0. The van der Waals surface area contributed by atoms with Gasteiger partial charge < -0.3 is 24.1 Å². The maximum absolute atomic E-state index is 5.55. The van der Waals surface area contributed by atoms with E-state index in [2.05, 4.69) is 35.6 Å². The molecule has 0 aliphatic carbocycles. The van der Waals surface area contributed by atoms with Gasteiger partial charge in [-0.2, -0.15) is 0 Å². The molecule has 0 saturated carbocycles. The highest BCUT2D eigenvalue weighted by molar-refractivity contribution is 4.93. The average Bonchev–Trinajstić information content (AvgIpc) is 2.86. The van der Waals surface area contributed by atoms with Crippen LogP contribution in [0, 0.1) is 0 Å². The Bertz CT molecular complexity index is 374. The predicted molar refractivity (Wildman–Crippen MR) is 82.3 cm³/mol. The first-order chi connectivity index (χ1) is 10.0. The number of methoxy groups -OCH3 is 1. The second-order valence-electron chi connectivity index (χ2n) is 5.86. The molecular formula is C15H29N3O3. The van der Waals surface area contributed by atoms with Crippen LogP contribution in [0.2, 0.25) is 0 Å². The van der Waals surface area contributed by atoms with E-state index in [9.17, 15) is 0 Å². The fraction of sp³-hybridized carbons (Fsp3) is 0.800. The number of aromatic nitrogens is 2. The highest BCUT2D eigenvalue weighted by atomic mass is 16.5. The lowest BCUT2D eigenvalue weighted by molar-refractivity contribution is 0.0229. The molecule has 0 radical (unpaired) electrons. The Balaban J connectivity index is 2.14. The smallest absolute Gasteiger partial charge is 0.122 e. The molecule has 0 saturated heterocycles. The highest BCUT2D eigenvalue weighted by Crippen LogP contribution is 2.03. The van der Waals surface area contributed by atoms with E-state index in [1.807, 2.05) is 12.4 Å². The molecule has 1 rings (SSSR count). The second-order valence-corrected chi connectivity index (χ2v) is 5.86. The molecule has 0 aromatic carbocycles. The minimum Gasteiger partial charge on any atom is -0.382 e. The summed E-state index contributed by atoms with van der Waals surface area (Å²) < 4.78 is 17.9. The zero-order chi connectivity index (χ0) is 15.6. The fourth-order valence-electron chi connectivity index (χ4n) is 1.68. The lowest BCUT2D eigenvalue weighted by atomic mass is 10.1. The molecule has 0 spiro atoms. The van der Waals surface area contributed by atoms with Crippen molar-refractivity contribution in [3.63, 3.8) is 0 Å². The summed E-state index contributed by atoms with van der Waals surface area (Å²) in [5, 5.41) is 3.44. The Labute approximate surface area is 127 Å². The van der Waals surface area contributed by atoms with Crippen molar-refractivity contribution in [2.75, 3.05) is 40.1 Å². The van der Waals surface area contributed by atoms with Gasteiger partial charge in [-0.3, -0.25) is 0 Å². The van der Waals surface area contributed by atoms with E-state index in [0.29, 0.717) is 33.0 Å². The Hall–Kier alpha value is -0.950. The Morgan fingerprint density at radius 3 is 2.43 bits per heavy atom. The van der Waals surface area contributed by atoms with Crippen LogP contribution in [0.4, 0.5) is 0 Å². The number of nitrogens with zero attached hydrogens (tertiary/aromatic N) is 2. The SMILES string of the molecule is COCCOCCOCCn1ccnc1CNC(C)(C)C. The molecule has 0 aliphatic rings. The third-order valence-corrected chi connectivity index (χ3v) is 2.86. The van der Waals surface area contributed by atoms with Crippen molar-refractivity contribution in [3.05, 3.63) is 18.2 Å². The van der Waals surface area contributed by atoms with E-state index >= 15 is 0 Å². The third-order valence-electron chi connectivity index (χ3n) is 2.86. The molecule has 1 aromatic rings. The number of imidazole rings is 1. The summed E-state index contributed by atoms with van der Waals surface area (Å²) in [6.07, 6.45) is 3.81. The van der Waals surface area contributed by atoms with E-state index < -0.39 is 0 Å². The topological polar surface area (TPSA) is 57.5 Å². The number of nitrogens with one attached hydrogen (secondary N) is 1. The normalized spacial score (nSPS) is 12.0. The highest BCUT2D eigenvalue weighted by Gasteiger charge is 2.10. The third kappa shape index (κ3) is 8.83. The fourth-order valence-corrected chi connectivity index (χ4v) is 1.68. The summed E-state index contributed by atoms with van der Waals surface area (Å²) in [6, 6.07) is 0. The summed E-state index contributed by atoms with van der Waals surface area (Å²) in [5.74, 6) is 1.03. The van der Waals surface area contributed by atoms with E-state index in [1.54, 1.807) is 7.11 Å². The minimum atomic E-state index is 0.0901. The minimum absolute atomic E-state index is 0.0901. The van der Waals surface area contributed by atoms with E-state index in [1.165, 1.54) is 0 Å². The molecule has 1 aromatic heterocycles. The van der Waals surface area contributed by atoms with Gasteiger partial charge in [0.05, 0.1) is 39.6 Å². The van der Waals surface area contributed by atoms with Gasteiger partial charge in [0.1, 0.15) is 5.82 Å². The van der Waals surface area contributed by atoms with Gasteiger partial charge in [0.25, 0.3) is 0 Å². The molecular weight excluding hydrogens is 270 g/mol. The summed E-state index contributed by atoms with van der Waals surface area (Å²) in [4.78, 5) is 4.37. The maximum atomic E-state index is 5.55. The second kappa shape index (κ2) is 9.89. The van der Waals surface area contributed by atoms with Crippen molar-refractivity contribution < 1.29 is 14.2 Å². The standard InChI is InChI=1S/C15H29N3O3/c1-15(2,3)17-13-14-16-5-6-18(14)7-8-20-11-12-21-10-9-19-4/h5-6,17H,7-13H2,1-4H3. The Kier molecular flexibility index (Phi) is 8.52. The first-order valence-electron chi connectivity index (χ1n) is 7.42. The first kappa shape index (κ1) is 18.1. The molecule has 0 amide bonds. The zero-order valence-corrected chi connectivity index (χ0v) is 13.7. The molecule has 122 valence electrons. The van der Waals surface area contributed by atoms with Gasteiger partial charge in [-0.1, -0.05) is 0 Å². The van der Waals surface area contributed by atoms with Crippen LogP contribution < -0.4 is 5.32 Å². The average molecular weight is 299 g/mol. The lowest BCUT2D eigenvalue weighted by Crippen LogP contribution is -2.36.